The van der Waals surface area contributed by atoms with Crippen LogP contribution in [0.3, 0.4) is 0 Å². The summed E-state index contributed by atoms with van der Waals surface area (Å²) >= 11 is 0. The van der Waals surface area contributed by atoms with E-state index < -0.39 is 35.6 Å². The third-order valence-corrected chi connectivity index (χ3v) is 4.85. The first-order valence-corrected chi connectivity index (χ1v) is 7.81. The summed E-state index contributed by atoms with van der Waals surface area (Å²) in [5.41, 5.74) is 5.98. The molecule has 0 saturated carbocycles. The van der Waals surface area contributed by atoms with E-state index in [-0.39, 0.29) is 0 Å². The number of nitrogens with two attached hydrogens (primary N) is 1. The van der Waals surface area contributed by atoms with Gasteiger partial charge in [-0.15, -0.1) is 0 Å². The van der Waals surface area contributed by atoms with Crippen LogP contribution in [0.15, 0.2) is 36.4 Å². The quantitative estimate of drug-likeness (QED) is 0.677. The Labute approximate surface area is 140 Å². The maximum absolute atomic E-state index is 13.6. The van der Waals surface area contributed by atoms with Crippen LogP contribution >= 0.6 is 0 Å². The highest BCUT2D eigenvalue weighted by Gasteiger charge is 2.51. The molecule has 0 aromatic heterocycles. The van der Waals surface area contributed by atoms with Gasteiger partial charge in [-0.1, -0.05) is 24.3 Å². The zero-order valence-electron chi connectivity index (χ0n) is 14.2. The van der Waals surface area contributed by atoms with Crippen LogP contribution in [0, 0.1) is 11.6 Å². The number of rotatable bonds is 2. The van der Waals surface area contributed by atoms with Gasteiger partial charge in [0.25, 0.3) is 0 Å². The maximum atomic E-state index is 13.6. The van der Waals surface area contributed by atoms with Gasteiger partial charge in [-0.3, -0.25) is 0 Å². The minimum absolute atomic E-state index is 0.417. The van der Waals surface area contributed by atoms with Crippen molar-refractivity contribution in [3.63, 3.8) is 0 Å². The molecule has 1 fully saturated rings. The largest absolute Gasteiger partial charge is 0.494 e. The first-order chi connectivity index (χ1) is 11.1. The Kier molecular flexibility index (Phi) is 3.93. The molecule has 0 unspecified atom stereocenters. The number of nitrogen functional groups attached to an aromatic ring is 1. The Balaban J connectivity index is 1.87. The molecule has 2 N–H and O–H groups in total. The van der Waals surface area contributed by atoms with Crippen molar-refractivity contribution in [2.24, 2.45) is 0 Å². The highest BCUT2D eigenvalue weighted by atomic mass is 19.1. The van der Waals surface area contributed by atoms with Gasteiger partial charge in [0, 0.05) is 0 Å². The van der Waals surface area contributed by atoms with Gasteiger partial charge in [0.2, 0.25) is 0 Å². The number of anilines is 1. The monoisotopic (exact) mass is 331 g/mol. The van der Waals surface area contributed by atoms with Gasteiger partial charge < -0.3 is 15.0 Å². The molecule has 0 spiro atoms. The lowest BCUT2D eigenvalue weighted by molar-refractivity contribution is 0.00578. The van der Waals surface area contributed by atoms with Crippen LogP contribution in [0.4, 0.5) is 14.5 Å². The van der Waals surface area contributed by atoms with Crippen LogP contribution in [0.5, 0.6) is 0 Å². The normalized spacial score (nSPS) is 18.8. The minimum Gasteiger partial charge on any atom is -0.399 e. The second-order valence-corrected chi connectivity index (χ2v) is 7.06. The van der Waals surface area contributed by atoms with Gasteiger partial charge in [0.15, 0.2) is 0 Å². The van der Waals surface area contributed by atoms with Crippen molar-refractivity contribution in [2.75, 3.05) is 5.73 Å². The summed E-state index contributed by atoms with van der Waals surface area (Å²) in [6, 6.07) is 9.69. The molecular formula is C18H20BF2NO2. The molecule has 0 atom stereocenters. The summed E-state index contributed by atoms with van der Waals surface area (Å²) in [4.78, 5) is 0. The predicted molar refractivity (Wildman–Crippen MR) is 91.9 cm³/mol. The molecule has 0 bridgehead atoms. The fourth-order valence-electron chi connectivity index (χ4n) is 2.56. The van der Waals surface area contributed by atoms with Crippen LogP contribution in [0.2, 0.25) is 0 Å². The molecule has 1 saturated heterocycles. The van der Waals surface area contributed by atoms with Crippen LogP contribution in [0.1, 0.15) is 27.7 Å². The number of benzene rings is 2. The maximum Gasteiger partial charge on any atom is 0.494 e. The van der Waals surface area contributed by atoms with Gasteiger partial charge in [-0.05, 0) is 56.4 Å². The van der Waals surface area contributed by atoms with Gasteiger partial charge >= 0.3 is 7.12 Å². The summed E-state index contributed by atoms with van der Waals surface area (Å²) in [6.07, 6.45) is 0. The lowest BCUT2D eigenvalue weighted by Crippen LogP contribution is -2.41. The first kappa shape index (κ1) is 16.9. The Morgan fingerprint density at radius 2 is 1.29 bits per heavy atom. The average molecular weight is 331 g/mol. The fraction of sp³-hybridized carbons (Fsp3) is 0.333. The van der Waals surface area contributed by atoms with Crippen LogP contribution in [-0.2, 0) is 9.31 Å². The summed E-state index contributed by atoms with van der Waals surface area (Å²) < 4.78 is 39.2. The lowest BCUT2D eigenvalue weighted by Gasteiger charge is -2.32. The Morgan fingerprint density at radius 1 is 0.833 bits per heavy atom. The topological polar surface area (TPSA) is 44.5 Å². The first-order valence-electron chi connectivity index (χ1n) is 7.81. The van der Waals surface area contributed by atoms with E-state index in [0.717, 1.165) is 5.46 Å². The van der Waals surface area contributed by atoms with E-state index in [1.807, 2.05) is 39.8 Å². The smallest absolute Gasteiger partial charge is 0.399 e. The van der Waals surface area contributed by atoms with Crippen molar-refractivity contribution >= 4 is 18.3 Å². The van der Waals surface area contributed by atoms with Crippen molar-refractivity contribution in [2.45, 2.75) is 38.9 Å². The van der Waals surface area contributed by atoms with Crippen LogP contribution in [0.25, 0.3) is 11.1 Å². The van der Waals surface area contributed by atoms with Gasteiger partial charge in [-0.2, -0.15) is 0 Å². The highest BCUT2D eigenvalue weighted by molar-refractivity contribution is 6.62. The summed E-state index contributed by atoms with van der Waals surface area (Å²) in [7, 11) is -0.469. The van der Waals surface area contributed by atoms with E-state index in [4.69, 9.17) is 15.0 Å². The molecule has 2 aromatic carbocycles. The van der Waals surface area contributed by atoms with E-state index in [1.165, 1.54) is 12.1 Å². The molecule has 6 heteroatoms. The van der Waals surface area contributed by atoms with Crippen molar-refractivity contribution in [1.29, 1.82) is 0 Å². The third kappa shape index (κ3) is 2.80. The Bertz CT molecular complexity index is 736. The second-order valence-electron chi connectivity index (χ2n) is 7.06. The highest BCUT2D eigenvalue weighted by Crippen LogP contribution is 2.36. The van der Waals surface area contributed by atoms with Crippen LogP contribution in [-0.4, -0.2) is 18.3 Å². The van der Waals surface area contributed by atoms with E-state index >= 15 is 0 Å². The molecule has 24 heavy (non-hydrogen) atoms. The van der Waals surface area contributed by atoms with E-state index in [2.05, 4.69) is 0 Å². The third-order valence-electron chi connectivity index (χ3n) is 4.85. The zero-order chi connectivity index (χ0) is 17.7. The van der Waals surface area contributed by atoms with E-state index in [1.54, 1.807) is 12.1 Å². The van der Waals surface area contributed by atoms with Gasteiger partial charge in [0.1, 0.15) is 17.3 Å². The lowest BCUT2D eigenvalue weighted by atomic mass is 9.78. The molecule has 1 aliphatic heterocycles. The standard InChI is InChI=1S/C18H20BF2NO2/c1-17(2)18(3,4)24-19(23-17)13-7-5-11(6-8-13)12-9-14(20)16(22)15(21)10-12/h5-10H,22H2,1-4H3. The van der Waals surface area contributed by atoms with Crippen molar-refractivity contribution in [3.05, 3.63) is 48.0 Å². The van der Waals surface area contributed by atoms with Crippen molar-refractivity contribution in [3.8, 4) is 11.1 Å². The second kappa shape index (κ2) is 5.57. The molecule has 126 valence electrons. The van der Waals surface area contributed by atoms with Crippen molar-refractivity contribution < 1.29 is 18.1 Å². The molecular weight excluding hydrogens is 311 g/mol. The summed E-state index contributed by atoms with van der Waals surface area (Å²) in [6.45, 7) is 7.95. The van der Waals surface area contributed by atoms with Crippen LogP contribution < -0.4 is 11.2 Å². The molecule has 0 amide bonds. The molecule has 1 aliphatic rings. The molecule has 0 aliphatic carbocycles. The molecule has 1 heterocycles. The van der Waals surface area contributed by atoms with E-state index in [9.17, 15) is 8.78 Å². The number of halogens is 2. The Hall–Kier alpha value is -1.92. The summed E-state index contributed by atoms with van der Waals surface area (Å²) in [5, 5.41) is 0. The SMILES string of the molecule is CC1(C)OB(c2ccc(-c3cc(F)c(N)c(F)c3)cc2)OC1(C)C. The predicted octanol–water partition coefficient (Wildman–Crippen LogP) is 3.51. The molecule has 3 rings (SSSR count). The van der Waals surface area contributed by atoms with E-state index in [0.29, 0.717) is 11.1 Å². The van der Waals surface area contributed by atoms with Crippen molar-refractivity contribution in [1.82, 2.24) is 0 Å². The minimum atomic E-state index is -0.764. The number of hydrogen-bond acceptors (Lipinski definition) is 3. The molecule has 3 nitrogen and oxygen atoms in total. The van der Waals surface area contributed by atoms with Gasteiger partial charge in [-0.25, -0.2) is 8.78 Å². The number of hydrogen-bond donors (Lipinski definition) is 1. The fourth-order valence-corrected chi connectivity index (χ4v) is 2.56. The summed E-state index contributed by atoms with van der Waals surface area (Å²) in [5.74, 6) is -1.53. The zero-order valence-corrected chi connectivity index (χ0v) is 14.2. The average Bonchev–Trinajstić information content (AvgIpc) is 2.73. The molecule has 0 radical (unpaired) electrons. The Morgan fingerprint density at radius 3 is 1.75 bits per heavy atom. The molecule has 2 aromatic rings. The van der Waals surface area contributed by atoms with Gasteiger partial charge in [0.05, 0.1) is 11.2 Å².